The Kier molecular flexibility index (Phi) is 3.10. The Hall–Kier alpha value is -1.10. The predicted molar refractivity (Wildman–Crippen MR) is 48.6 cm³/mol. The maximum absolute atomic E-state index is 11.5. The highest BCUT2D eigenvalue weighted by Crippen LogP contribution is 2.23. The second kappa shape index (κ2) is 3.96. The van der Waals surface area contributed by atoms with Gasteiger partial charge in [-0.3, -0.25) is 4.79 Å². The Morgan fingerprint density at radius 3 is 2.43 bits per heavy atom. The second-order valence-corrected chi connectivity index (χ2v) is 3.38. The molecule has 14 heavy (non-hydrogen) atoms. The van der Waals surface area contributed by atoms with E-state index in [1.807, 2.05) is 0 Å². The van der Waals surface area contributed by atoms with Gasteiger partial charge in [0.05, 0.1) is 6.10 Å². The van der Waals surface area contributed by atoms with Crippen LogP contribution in [0.25, 0.3) is 0 Å². The smallest absolute Gasteiger partial charge is 0.329 e. The van der Waals surface area contributed by atoms with E-state index in [2.05, 4.69) is 0 Å². The molecule has 0 aromatic heterocycles. The fraction of sp³-hybridized carbons (Fsp3) is 0.778. The molecule has 0 aromatic carbocycles. The molecule has 1 aliphatic rings. The molecule has 0 aromatic rings. The Bertz CT molecular complexity index is 253. The van der Waals surface area contributed by atoms with Crippen LogP contribution in [0.2, 0.25) is 0 Å². The molecule has 0 saturated carbocycles. The van der Waals surface area contributed by atoms with E-state index < -0.39 is 24.3 Å². The van der Waals surface area contributed by atoms with Gasteiger partial charge in [0.25, 0.3) is 0 Å². The zero-order valence-electron chi connectivity index (χ0n) is 8.56. The van der Waals surface area contributed by atoms with Crippen molar-refractivity contribution in [3.63, 3.8) is 0 Å². The maximum Gasteiger partial charge on any atom is 0.329 e. The normalized spacial score (nSPS) is 31.9. The first-order chi connectivity index (χ1) is 6.49. The quantitative estimate of drug-likeness (QED) is 0.704. The van der Waals surface area contributed by atoms with Gasteiger partial charge in [0.1, 0.15) is 6.23 Å². The van der Waals surface area contributed by atoms with Crippen molar-refractivity contribution in [2.75, 3.05) is 0 Å². The lowest BCUT2D eigenvalue weighted by Crippen LogP contribution is -2.46. The predicted octanol–water partition coefficient (Wildman–Crippen LogP) is 0.443. The number of rotatable bonds is 2. The summed E-state index contributed by atoms with van der Waals surface area (Å²) in [5.74, 6) is -1.20. The van der Waals surface area contributed by atoms with E-state index in [-0.39, 0.29) is 5.91 Å². The molecule has 0 radical (unpaired) electrons. The summed E-state index contributed by atoms with van der Waals surface area (Å²) in [7, 11) is 0. The summed E-state index contributed by atoms with van der Waals surface area (Å²) in [6, 6.07) is -0.850. The largest absolute Gasteiger partial charge is 0.480 e. The monoisotopic (exact) mass is 201 g/mol. The van der Waals surface area contributed by atoms with Crippen LogP contribution in [0.5, 0.6) is 0 Å². The van der Waals surface area contributed by atoms with E-state index in [1.165, 1.54) is 4.90 Å². The minimum atomic E-state index is -1.01. The van der Waals surface area contributed by atoms with Crippen molar-refractivity contribution in [2.24, 2.45) is 0 Å². The second-order valence-electron chi connectivity index (χ2n) is 3.38. The zero-order valence-corrected chi connectivity index (χ0v) is 8.56. The molecule has 0 spiro atoms. The minimum Gasteiger partial charge on any atom is -0.480 e. The van der Waals surface area contributed by atoms with E-state index in [0.29, 0.717) is 6.42 Å². The van der Waals surface area contributed by atoms with E-state index >= 15 is 0 Å². The van der Waals surface area contributed by atoms with Gasteiger partial charge in [-0.05, 0) is 13.8 Å². The Labute approximate surface area is 82.6 Å². The van der Waals surface area contributed by atoms with Gasteiger partial charge >= 0.3 is 5.97 Å². The Morgan fingerprint density at radius 2 is 2.00 bits per heavy atom. The van der Waals surface area contributed by atoms with E-state index in [1.54, 1.807) is 20.8 Å². The van der Waals surface area contributed by atoms with Crippen LogP contribution in [-0.2, 0) is 14.3 Å². The maximum atomic E-state index is 11.5. The number of aliphatic carboxylic acids is 1. The minimum absolute atomic E-state index is 0.186. The lowest BCUT2D eigenvalue weighted by atomic mass is 10.1. The van der Waals surface area contributed by atoms with Crippen LogP contribution in [-0.4, -0.2) is 40.3 Å². The molecule has 1 unspecified atom stereocenters. The summed E-state index contributed by atoms with van der Waals surface area (Å²) in [6.45, 7) is 5.06. The Morgan fingerprint density at radius 1 is 1.43 bits per heavy atom. The summed E-state index contributed by atoms with van der Waals surface area (Å²) in [4.78, 5) is 23.7. The molecule has 0 bridgehead atoms. The Balaban J connectivity index is 2.89. The number of carbonyl (C=O) groups is 2. The molecular weight excluding hydrogens is 186 g/mol. The molecule has 5 nitrogen and oxygen atoms in total. The first-order valence-corrected chi connectivity index (χ1v) is 4.68. The van der Waals surface area contributed by atoms with Gasteiger partial charge in [-0.15, -0.1) is 0 Å². The van der Waals surface area contributed by atoms with Crippen LogP contribution in [0.15, 0.2) is 0 Å². The molecule has 1 N–H and O–H groups in total. The van der Waals surface area contributed by atoms with Crippen LogP contribution in [0.4, 0.5) is 0 Å². The van der Waals surface area contributed by atoms with E-state index in [9.17, 15) is 9.59 Å². The summed E-state index contributed by atoms with van der Waals surface area (Å²) >= 11 is 0. The van der Waals surface area contributed by atoms with Crippen molar-refractivity contribution in [3.8, 4) is 0 Å². The molecule has 3 atom stereocenters. The third kappa shape index (κ3) is 1.72. The molecule has 1 fully saturated rings. The highest BCUT2D eigenvalue weighted by atomic mass is 16.5. The average molecular weight is 201 g/mol. The molecule has 1 heterocycles. The third-order valence-corrected chi connectivity index (χ3v) is 2.39. The van der Waals surface area contributed by atoms with Crippen LogP contribution < -0.4 is 0 Å². The zero-order chi connectivity index (χ0) is 10.9. The summed E-state index contributed by atoms with van der Waals surface area (Å²) in [5.41, 5.74) is 0. The summed E-state index contributed by atoms with van der Waals surface area (Å²) in [6.07, 6.45) is -0.596. The van der Waals surface area contributed by atoms with Gasteiger partial charge in [-0.25, -0.2) is 4.79 Å². The number of nitrogens with zero attached hydrogens (tertiary/aromatic N) is 1. The fourth-order valence-electron chi connectivity index (χ4n) is 1.76. The topological polar surface area (TPSA) is 66.8 Å². The molecular formula is C9H15NO4. The highest BCUT2D eigenvalue weighted by Gasteiger charge is 2.44. The summed E-state index contributed by atoms with van der Waals surface area (Å²) < 4.78 is 5.29. The number of carboxylic acids is 1. The SMILES string of the molecule is CCC(=O)N1C(C)O[C@H](C)[C@H]1C(=O)O. The molecule has 1 saturated heterocycles. The van der Waals surface area contributed by atoms with Crippen molar-refractivity contribution < 1.29 is 19.4 Å². The number of ether oxygens (including phenoxy) is 1. The number of amides is 1. The van der Waals surface area contributed by atoms with Crippen LogP contribution in [0.3, 0.4) is 0 Å². The van der Waals surface area contributed by atoms with Crippen LogP contribution in [0.1, 0.15) is 27.2 Å². The van der Waals surface area contributed by atoms with Gasteiger partial charge in [0.2, 0.25) is 5.91 Å². The molecule has 1 amide bonds. The highest BCUT2D eigenvalue weighted by molar-refractivity contribution is 5.84. The first kappa shape index (κ1) is 11.0. The van der Waals surface area contributed by atoms with Crippen molar-refractivity contribution in [2.45, 2.75) is 45.6 Å². The number of carbonyl (C=O) groups excluding carboxylic acids is 1. The molecule has 1 rings (SSSR count). The van der Waals surface area contributed by atoms with Gasteiger partial charge in [0, 0.05) is 6.42 Å². The third-order valence-electron chi connectivity index (χ3n) is 2.39. The van der Waals surface area contributed by atoms with Gasteiger partial charge in [0.15, 0.2) is 6.04 Å². The fourth-order valence-corrected chi connectivity index (χ4v) is 1.76. The summed E-state index contributed by atoms with van der Waals surface area (Å²) in [5, 5.41) is 8.94. The van der Waals surface area contributed by atoms with Crippen molar-refractivity contribution in [1.29, 1.82) is 0 Å². The number of carboxylic acid groups (broad SMARTS) is 1. The standard InChI is InChI=1S/C9H15NO4/c1-4-7(11)10-6(3)14-5(2)8(10)9(12)13/h5-6,8H,4H2,1-3H3,(H,12,13)/t5-,6?,8+/m1/s1. The van der Waals surface area contributed by atoms with E-state index in [4.69, 9.17) is 9.84 Å². The number of hydrogen-bond acceptors (Lipinski definition) is 3. The molecule has 80 valence electrons. The molecule has 0 aliphatic carbocycles. The lowest BCUT2D eigenvalue weighted by molar-refractivity contribution is -0.149. The van der Waals surface area contributed by atoms with Crippen molar-refractivity contribution in [1.82, 2.24) is 4.90 Å². The van der Waals surface area contributed by atoms with Crippen molar-refractivity contribution in [3.05, 3.63) is 0 Å². The van der Waals surface area contributed by atoms with Gasteiger partial charge in [-0.1, -0.05) is 6.92 Å². The van der Waals surface area contributed by atoms with Gasteiger partial charge < -0.3 is 14.7 Å². The first-order valence-electron chi connectivity index (χ1n) is 4.68. The average Bonchev–Trinajstić information content (AvgIpc) is 2.39. The van der Waals surface area contributed by atoms with Crippen molar-refractivity contribution >= 4 is 11.9 Å². The van der Waals surface area contributed by atoms with Crippen LogP contribution >= 0.6 is 0 Å². The van der Waals surface area contributed by atoms with E-state index in [0.717, 1.165) is 0 Å². The van der Waals surface area contributed by atoms with Gasteiger partial charge in [-0.2, -0.15) is 0 Å². The molecule has 5 heteroatoms. The molecule has 1 aliphatic heterocycles. The van der Waals surface area contributed by atoms with Crippen LogP contribution in [0, 0.1) is 0 Å². The lowest BCUT2D eigenvalue weighted by Gasteiger charge is -2.23. The number of hydrogen-bond donors (Lipinski definition) is 1.